The van der Waals surface area contributed by atoms with E-state index in [1.807, 2.05) is 0 Å². The quantitative estimate of drug-likeness (QED) is 0.163. The number of carbonyl (C=O) groups is 1. The van der Waals surface area contributed by atoms with Crippen LogP contribution in [0.1, 0.15) is 72.6 Å². The number of hydrogen-bond donors (Lipinski definition) is 3. The number of halogens is 1. The second-order valence-corrected chi connectivity index (χ2v) is 8.36. The van der Waals surface area contributed by atoms with Crippen molar-refractivity contribution < 1.29 is 4.79 Å². The fourth-order valence-electron chi connectivity index (χ4n) is 3.54. The molecule has 0 aliphatic carbocycles. The Morgan fingerprint density at radius 3 is 2.39 bits per heavy atom. The summed E-state index contributed by atoms with van der Waals surface area (Å²) in [6.07, 6.45) is 7.80. The summed E-state index contributed by atoms with van der Waals surface area (Å²) in [4.78, 5) is 18.4. The van der Waals surface area contributed by atoms with Gasteiger partial charge in [-0.05, 0) is 71.5 Å². The molecule has 4 N–H and O–H groups in total. The Bertz CT molecular complexity index is 437. The number of primary amides is 1. The molecular formula is C21H44IN5O. The average Bonchev–Trinajstić information content (AvgIpc) is 2.61. The smallest absolute Gasteiger partial charge is 0.220 e. The van der Waals surface area contributed by atoms with Crippen LogP contribution < -0.4 is 16.4 Å². The van der Waals surface area contributed by atoms with Gasteiger partial charge in [-0.2, -0.15) is 0 Å². The van der Waals surface area contributed by atoms with Crippen molar-refractivity contribution >= 4 is 35.8 Å². The van der Waals surface area contributed by atoms with E-state index >= 15 is 0 Å². The number of carbonyl (C=O) groups excluding carboxylic acids is 1. The Morgan fingerprint density at radius 2 is 1.82 bits per heavy atom. The van der Waals surface area contributed by atoms with Gasteiger partial charge in [0.2, 0.25) is 5.91 Å². The number of aliphatic imine (C=N–C) groups is 1. The SMILES string of the molecule is CCNC(=NCCCCN1CCC(C(N)=O)CC1)NC(C)CCCC(C)C.I. The summed E-state index contributed by atoms with van der Waals surface area (Å²) in [6.45, 7) is 13.7. The molecule has 7 heteroatoms. The number of likely N-dealkylation sites (tertiary alicyclic amines) is 1. The second-order valence-electron chi connectivity index (χ2n) is 8.36. The van der Waals surface area contributed by atoms with Gasteiger partial charge in [0.25, 0.3) is 0 Å². The lowest BCUT2D eigenvalue weighted by atomic mass is 9.96. The van der Waals surface area contributed by atoms with Gasteiger partial charge in [-0.25, -0.2) is 0 Å². The van der Waals surface area contributed by atoms with Crippen LogP contribution in [0.3, 0.4) is 0 Å². The summed E-state index contributed by atoms with van der Waals surface area (Å²) in [6, 6.07) is 0.452. The normalized spacial score (nSPS) is 17.2. The molecular weight excluding hydrogens is 465 g/mol. The fourth-order valence-corrected chi connectivity index (χ4v) is 3.54. The van der Waals surface area contributed by atoms with Crippen LogP contribution in [-0.4, -0.2) is 55.5 Å². The predicted octanol–water partition coefficient (Wildman–Crippen LogP) is 3.35. The van der Waals surface area contributed by atoms with Crippen molar-refractivity contribution in [1.82, 2.24) is 15.5 Å². The van der Waals surface area contributed by atoms with E-state index in [0.29, 0.717) is 6.04 Å². The Balaban J connectivity index is 0.00000729. The summed E-state index contributed by atoms with van der Waals surface area (Å²) >= 11 is 0. The molecule has 1 aliphatic heterocycles. The first-order valence-corrected chi connectivity index (χ1v) is 11.0. The fraction of sp³-hybridized carbons (Fsp3) is 0.905. The minimum absolute atomic E-state index is 0. The van der Waals surface area contributed by atoms with E-state index in [2.05, 4.69) is 43.2 Å². The third-order valence-electron chi connectivity index (χ3n) is 5.29. The molecule has 0 bridgehead atoms. The third kappa shape index (κ3) is 12.8. The molecule has 0 aromatic rings. The first-order chi connectivity index (χ1) is 12.9. The topological polar surface area (TPSA) is 82.8 Å². The molecule has 1 amide bonds. The summed E-state index contributed by atoms with van der Waals surface area (Å²) in [7, 11) is 0. The number of piperidine rings is 1. The van der Waals surface area contributed by atoms with E-state index in [0.717, 1.165) is 70.3 Å². The number of unbranched alkanes of at least 4 members (excludes halogenated alkanes) is 1. The van der Waals surface area contributed by atoms with Crippen LogP contribution in [0, 0.1) is 11.8 Å². The maximum atomic E-state index is 11.2. The molecule has 166 valence electrons. The highest BCUT2D eigenvalue weighted by Crippen LogP contribution is 2.16. The van der Waals surface area contributed by atoms with E-state index in [1.54, 1.807) is 0 Å². The van der Waals surface area contributed by atoms with Crippen LogP contribution in [0.5, 0.6) is 0 Å². The van der Waals surface area contributed by atoms with Gasteiger partial charge in [0.15, 0.2) is 5.96 Å². The van der Waals surface area contributed by atoms with E-state index in [-0.39, 0.29) is 35.8 Å². The maximum absolute atomic E-state index is 11.2. The monoisotopic (exact) mass is 509 g/mol. The second kappa shape index (κ2) is 16.3. The van der Waals surface area contributed by atoms with E-state index in [4.69, 9.17) is 10.7 Å². The molecule has 1 saturated heterocycles. The lowest BCUT2D eigenvalue weighted by Crippen LogP contribution is -2.42. The molecule has 0 saturated carbocycles. The van der Waals surface area contributed by atoms with Gasteiger partial charge in [0.05, 0.1) is 0 Å². The van der Waals surface area contributed by atoms with Crippen LogP contribution >= 0.6 is 24.0 Å². The van der Waals surface area contributed by atoms with Crippen LogP contribution in [0.2, 0.25) is 0 Å². The number of nitrogens with two attached hydrogens (primary N) is 1. The van der Waals surface area contributed by atoms with E-state index in [1.165, 1.54) is 19.3 Å². The van der Waals surface area contributed by atoms with Crippen LogP contribution in [0.15, 0.2) is 4.99 Å². The van der Waals surface area contributed by atoms with Gasteiger partial charge in [-0.15, -0.1) is 24.0 Å². The zero-order chi connectivity index (χ0) is 20.1. The van der Waals surface area contributed by atoms with Crippen LogP contribution in [0.4, 0.5) is 0 Å². The minimum Gasteiger partial charge on any atom is -0.369 e. The summed E-state index contributed by atoms with van der Waals surface area (Å²) < 4.78 is 0. The molecule has 0 radical (unpaired) electrons. The number of hydrogen-bond acceptors (Lipinski definition) is 3. The molecule has 1 atom stereocenters. The molecule has 1 aliphatic rings. The van der Waals surface area contributed by atoms with Crippen molar-refractivity contribution in [2.24, 2.45) is 22.6 Å². The number of rotatable bonds is 12. The van der Waals surface area contributed by atoms with Crippen molar-refractivity contribution in [2.45, 2.75) is 78.7 Å². The standard InChI is InChI=1S/C21H43N5O.HI/c1-5-23-21(25-18(4)10-8-9-17(2)3)24-13-6-7-14-26-15-11-19(12-16-26)20(22)27;/h17-19H,5-16H2,1-4H3,(H2,22,27)(H2,23,24,25);1H. The molecule has 6 nitrogen and oxygen atoms in total. The summed E-state index contributed by atoms with van der Waals surface area (Å²) in [5.41, 5.74) is 5.40. The first-order valence-electron chi connectivity index (χ1n) is 11.0. The molecule has 1 heterocycles. The Labute approximate surface area is 189 Å². The molecule has 1 rings (SSSR count). The summed E-state index contributed by atoms with van der Waals surface area (Å²) in [5, 5.41) is 6.89. The number of nitrogens with one attached hydrogen (secondary N) is 2. The van der Waals surface area contributed by atoms with Gasteiger partial charge < -0.3 is 21.3 Å². The zero-order valence-electron chi connectivity index (χ0n) is 18.5. The lowest BCUT2D eigenvalue weighted by Gasteiger charge is -2.30. The van der Waals surface area contributed by atoms with Gasteiger partial charge in [-0.3, -0.25) is 9.79 Å². The number of guanidine groups is 1. The molecule has 0 aromatic heterocycles. The summed E-state index contributed by atoms with van der Waals surface area (Å²) in [5.74, 6) is 1.67. The molecule has 0 aromatic carbocycles. The molecule has 1 unspecified atom stereocenters. The highest BCUT2D eigenvalue weighted by Gasteiger charge is 2.22. The van der Waals surface area contributed by atoms with Crippen LogP contribution in [0.25, 0.3) is 0 Å². The Kier molecular flexibility index (Phi) is 15.9. The van der Waals surface area contributed by atoms with Gasteiger partial charge in [0, 0.05) is 25.0 Å². The average molecular weight is 510 g/mol. The van der Waals surface area contributed by atoms with Gasteiger partial charge in [-0.1, -0.05) is 26.7 Å². The van der Waals surface area contributed by atoms with Crippen LogP contribution in [-0.2, 0) is 4.79 Å². The van der Waals surface area contributed by atoms with Crippen molar-refractivity contribution in [3.05, 3.63) is 0 Å². The Morgan fingerprint density at radius 1 is 1.14 bits per heavy atom. The Hall–Kier alpha value is -0.570. The zero-order valence-corrected chi connectivity index (χ0v) is 20.8. The predicted molar refractivity (Wildman–Crippen MR) is 130 cm³/mol. The van der Waals surface area contributed by atoms with Gasteiger partial charge >= 0.3 is 0 Å². The molecule has 0 spiro atoms. The minimum atomic E-state index is -0.133. The number of amides is 1. The van der Waals surface area contributed by atoms with E-state index < -0.39 is 0 Å². The maximum Gasteiger partial charge on any atom is 0.220 e. The largest absolute Gasteiger partial charge is 0.369 e. The van der Waals surface area contributed by atoms with Crippen molar-refractivity contribution in [3.63, 3.8) is 0 Å². The van der Waals surface area contributed by atoms with Crippen molar-refractivity contribution in [3.8, 4) is 0 Å². The van der Waals surface area contributed by atoms with Gasteiger partial charge in [0.1, 0.15) is 0 Å². The highest BCUT2D eigenvalue weighted by atomic mass is 127. The lowest BCUT2D eigenvalue weighted by molar-refractivity contribution is -0.123. The van der Waals surface area contributed by atoms with E-state index in [9.17, 15) is 4.79 Å². The van der Waals surface area contributed by atoms with Crippen molar-refractivity contribution in [2.75, 3.05) is 32.7 Å². The number of nitrogens with zero attached hydrogens (tertiary/aromatic N) is 2. The third-order valence-corrected chi connectivity index (χ3v) is 5.29. The first kappa shape index (κ1) is 27.4. The molecule has 1 fully saturated rings. The van der Waals surface area contributed by atoms with Crippen molar-refractivity contribution in [1.29, 1.82) is 0 Å². The molecule has 28 heavy (non-hydrogen) atoms. The highest BCUT2D eigenvalue weighted by molar-refractivity contribution is 14.0.